The topological polar surface area (TPSA) is 84.4 Å². The van der Waals surface area contributed by atoms with Crippen molar-refractivity contribution < 1.29 is 9.32 Å². The molecule has 1 saturated heterocycles. The summed E-state index contributed by atoms with van der Waals surface area (Å²) in [6, 6.07) is 1.81. The van der Waals surface area contributed by atoms with E-state index in [0.717, 1.165) is 25.9 Å². The molecule has 0 atom stereocenters. The van der Waals surface area contributed by atoms with E-state index in [1.807, 2.05) is 0 Å². The first-order valence-corrected chi connectivity index (χ1v) is 6.70. The maximum Gasteiger partial charge on any atom is 0.273 e. The summed E-state index contributed by atoms with van der Waals surface area (Å²) in [5.41, 5.74) is 5.85. The second-order valence-electron chi connectivity index (χ2n) is 4.81. The van der Waals surface area contributed by atoms with Gasteiger partial charge in [0.2, 0.25) is 0 Å². The molecule has 0 aliphatic carbocycles. The van der Waals surface area contributed by atoms with Crippen molar-refractivity contribution in [2.24, 2.45) is 5.73 Å². The standard InChI is InChI=1S/C12H18N4O2S/c1-8-6-10(15-18-8)12(17)14-9-2-4-16(5-3-9)7-11(13)19/h6,9H,2-5,7H2,1H3,(H2,13,19)(H,14,17). The Morgan fingerprint density at radius 3 is 2.84 bits per heavy atom. The molecule has 1 amide bonds. The van der Waals surface area contributed by atoms with E-state index >= 15 is 0 Å². The SMILES string of the molecule is Cc1cc(C(=O)NC2CCN(CC(N)=S)CC2)no1. The number of nitrogens with zero attached hydrogens (tertiary/aromatic N) is 2. The summed E-state index contributed by atoms with van der Waals surface area (Å²) in [5.74, 6) is 0.459. The molecule has 0 radical (unpaired) electrons. The Hall–Kier alpha value is -1.47. The van der Waals surface area contributed by atoms with Crippen molar-refractivity contribution in [2.75, 3.05) is 19.6 Å². The highest BCUT2D eigenvalue weighted by Gasteiger charge is 2.22. The monoisotopic (exact) mass is 282 g/mol. The average molecular weight is 282 g/mol. The van der Waals surface area contributed by atoms with Gasteiger partial charge in [-0.05, 0) is 19.8 Å². The number of piperidine rings is 1. The largest absolute Gasteiger partial charge is 0.392 e. The van der Waals surface area contributed by atoms with Crippen LogP contribution < -0.4 is 11.1 Å². The molecule has 0 unspecified atom stereocenters. The summed E-state index contributed by atoms with van der Waals surface area (Å²) in [6.07, 6.45) is 1.79. The molecule has 2 heterocycles. The minimum Gasteiger partial charge on any atom is -0.392 e. The van der Waals surface area contributed by atoms with Crippen molar-refractivity contribution in [3.05, 3.63) is 17.5 Å². The molecule has 19 heavy (non-hydrogen) atoms. The zero-order valence-corrected chi connectivity index (χ0v) is 11.7. The van der Waals surface area contributed by atoms with Crippen molar-refractivity contribution in [3.63, 3.8) is 0 Å². The molecule has 0 saturated carbocycles. The number of rotatable bonds is 4. The third-order valence-corrected chi connectivity index (χ3v) is 3.29. The third-order valence-electron chi connectivity index (χ3n) is 3.16. The lowest BCUT2D eigenvalue weighted by Gasteiger charge is -2.31. The van der Waals surface area contributed by atoms with Gasteiger partial charge in [0.15, 0.2) is 5.69 Å². The second kappa shape index (κ2) is 6.12. The number of hydrogen-bond donors (Lipinski definition) is 2. The summed E-state index contributed by atoms with van der Waals surface area (Å²) >= 11 is 4.89. The van der Waals surface area contributed by atoms with Crippen LogP contribution in [0.2, 0.25) is 0 Å². The van der Waals surface area contributed by atoms with E-state index in [4.69, 9.17) is 22.5 Å². The Morgan fingerprint density at radius 2 is 2.32 bits per heavy atom. The normalized spacial score (nSPS) is 17.3. The van der Waals surface area contributed by atoms with E-state index in [1.165, 1.54) is 0 Å². The molecule has 1 aromatic rings. The first kappa shape index (κ1) is 14.0. The number of amides is 1. The van der Waals surface area contributed by atoms with E-state index in [1.54, 1.807) is 13.0 Å². The molecule has 7 heteroatoms. The highest BCUT2D eigenvalue weighted by atomic mass is 32.1. The predicted octanol–water partition coefficient (Wildman–Crippen LogP) is 0.463. The molecular formula is C12H18N4O2S. The molecule has 104 valence electrons. The smallest absolute Gasteiger partial charge is 0.273 e. The lowest BCUT2D eigenvalue weighted by Crippen LogP contribution is -2.46. The van der Waals surface area contributed by atoms with Crippen LogP contribution in [0.25, 0.3) is 0 Å². The molecule has 3 N–H and O–H groups in total. The van der Waals surface area contributed by atoms with Crippen LogP contribution in [0, 0.1) is 6.92 Å². The molecule has 1 aliphatic rings. The fraction of sp³-hybridized carbons (Fsp3) is 0.583. The summed E-state index contributed by atoms with van der Waals surface area (Å²) in [4.78, 5) is 14.6. The molecule has 0 bridgehead atoms. The Balaban J connectivity index is 1.79. The number of carbonyl (C=O) groups excluding carboxylic acids is 1. The summed E-state index contributed by atoms with van der Waals surface area (Å²) in [5, 5.41) is 6.67. The Morgan fingerprint density at radius 1 is 1.63 bits per heavy atom. The Labute approximate surface area is 117 Å². The van der Waals surface area contributed by atoms with Crippen LogP contribution in [0.1, 0.15) is 29.1 Å². The van der Waals surface area contributed by atoms with Gasteiger partial charge in [-0.2, -0.15) is 0 Å². The van der Waals surface area contributed by atoms with Gasteiger partial charge < -0.3 is 15.6 Å². The second-order valence-corrected chi connectivity index (χ2v) is 5.34. The highest BCUT2D eigenvalue weighted by molar-refractivity contribution is 7.80. The highest BCUT2D eigenvalue weighted by Crippen LogP contribution is 2.11. The summed E-state index contributed by atoms with van der Waals surface area (Å²) in [7, 11) is 0. The number of thiocarbonyl (C=S) groups is 1. The van der Waals surface area contributed by atoms with E-state index in [-0.39, 0.29) is 11.9 Å². The van der Waals surface area contributed by atoms with Crippen LogP contribution in [-0.4, -0.2) is 46.6 Å². The Bertz CT molecular complexity index is 466. The van der Waals surface area contributed by atoms with Gasteiger partial charge in [-0.25, -0.2) is 0 Å². The Kier molecular flexibility index (Phi) is 4.49. The maximum atomic E-state index is 11.9. The first-order valence-electron chi connectivity index (χ1n) is 6.29. The minimum atomic E-state index is -0.176. The van der Waals surface area contributed by atoms with Crippen LogP contribution in [0.5, 0.6) is 0 Å². The molecule has 1 aliphatic heterocycles. The summed E-state index contributed by atoms with van der Waals surface area (Å²) in [6.45, 7) is 4.19. The summed E-state index contributed by atoms with van der Waals surface area (Å²) < 4.78 is 4.89. The average Bonchev–Trinajstić information content (AvgIpc) is 2.78. The third kappa shape index (κ3) is 4.00. The number of nitrogens with two attached hydrogens (primary N) is 1. The van der Waals surface area contributed by atoms with Gasteiger partial charge in [0.05, 0.1) is 4.99 Å². The van der Waals surface area contributed by atoms with Crippen LogP contribution in [0.15, 0.2) is 10.6 Å². The molecule has 1 fully saturated rings. The van der Waals surface area contributed by atoms with E-state index in [9.17, 15) is 4.79 Å². The fourth-order valence-corrected chi connectivity index (χ4v) is 2.37. The molecular weight excluding hydrogens is 264 g/mol. The van der Waals surface area contributed by atoms with Crippen LogP contribution in [0.3, 0.4) is 0 Å². The number of aromatic nitrogens is 1. The maximum absolute atomic E-state index is 11.9. The number of nitrogens with one attached hydrogen (secondary N) is 1. The van der Waals surface area contributed by atoms with Crippen molar-refractivity contribution >= 4 is 23.1 Å². The van der Waals surface area contributed by atoms with E-state index in [0.29, 0.717) is 23.0 Å². The zero-order chi connectivity index (χ0) is 13.8. The predicted molar refractivity (Wildman–Crippen MR) is 75.0 cm³/mol. The van der Waals surface area contributed by atoms with Gasteiger partial charge in [-0.1, -0.05) is 17.4 Å². The van der Waals surface area contributed by atoms with Crippen molar-refractivity contribution in [1.82, 2.24) is 15.4 Å². The number of carbonyl (C=O) groups is 1. The van der Waals surface area contributed by atoms with Crippen molar-refractivity contribution in [2.45, 2.75) is 25.8 Å². The molecule has 0 spiro atoms. The van der Waals surface area contributed by atoms with Gasteiger partial charge in [0.25, 0.3) is 5.91 Å². The van der Waals surface area contributed by atoms with Crippen molar-refractivity contribution in [3.8, 4) is 0 Å². The molecule has 1 aromatic heterocycles. The van der Waals surface area contributed by atoms with Gasteiger partial charge in [-0.15, -0.1) is 0 Å². The quantitative estimate of drug-likeness (QED) is 0.781. The van der Waals surface area contributed by atoms with Gasteiger partial charge in [-0.3, -0.25) is 9.69 Å². The lowest BCUT2D eigenvalue weighted by molar-refractivity contribution is 0.0905. The number of likely N-dealkylation sites (tertiary alicyclic amines) is 1. The zero-order valence-electron chi connectivity index (χ0n) is 10.9. The van der Waals surface area contributed by atoms with Crippen LogP contribution >= 0.6 is 12.2 Å². The van der Waals surface area contributed by atoms with Gasteiger partial charge in [0, 0.05) is 31.7 Å². The molecule has 2 rings (SSSR count). The first-order chi connectivity index (χ1) is 9.04. The van der Waals surface area contributed by atoms with Crippen LogP contribution in [-0.2, 0) is 0 Å². The number of aryl methyl sites for hydroxylation is 1. The van der Waals surface area contributed by atoms with Crippen molar-refractivity contribution in [1.29, 1.82) is 0 Å². The van der Waals surface area contributed by atoms with Crippen LogP contribution in [0.4, 0.5) is 0 Å². The fourth-order valence-electron chi connectivity index (χ4n) is 2.19. The molecule has 6 nitrogen and oxygen atoms in total. The molecule has 0 aromatic carbocycles. The van der Waals surface area contributed by atoms with E-state index in [2.05, 4.69) is 15.4 Å². The lowest BCUT2D eigenvalue weighted by atomic mass is 10.0. The minimum absolute atomic E-state index is 0.173. The van der Waals surface area contributed by atoms with E-state index < -0.39 is 0 Å². The van der Waals surface area contributed by atoms with Gasteiger partial charge in [0.1, 0.15) is 5.76 Å². The number of hydrogen-bond acceptors (Lipinski definition) is 5. The van der Waals surface area contributed by atoms with Gasteiger partial charge >= 0.3 is 0 Å².